The molecule has 0 fully saturated rings. The second kappa shape index (κ2) is 3.51. The van der Waals surface area contributed by atoms with Crippen molar-refractivity contribution in [1.29, 1.82) is 0 Å². The summed E-state index contributed by atoms with van der Waals surface area (Å²) in [5.41, 5.74) is 0. The molecule has 0 saturated carbocycles. The molecule has 0 radical (unpaired) electrons. The second-order valence-corrected chi connectivity index (χ2v) is 3.44. The van der Waals surface area contributed by atoms with Crippen LogP contribution >= 0.6 is 11.3 Å². The molecular formula is C8H10N2S. The highest BCUT2D eigenvalue weighted by atomic mass is 32.1. The molecule has 0 aromatic carbocycles. The Morgan fingerprint density at radius 2 is 2.55 bits per heavy atom. The first-order valence-electron chi connectivity index (χ1n) is 3.33. The number of hydrogen-bond donors (Lipinski definition) is 1. The van der Waals surface area contributed by atoms with Gasteiger partial charge in [0.05, 0.1) is 9.88 Å². The van der Waals surface area contributed by atoms with Gasteiger partial charge in [0.2, 0.25) is 0 Å². The van der Waals surface area contributed by atoms with E-state index in [9.17, 15) is 0 Å². The van der Waals surface area contributed by atoms with Gasteiger partial charge in [-0.1, -0.05) is 5.92 Å². The predicted molar refractivity (Wildman–Crippen MR) is 47.5 cm³/mol. The summed E-state index contributed by atoms with van der Waals surface area (Å²) in [7, 11) is 1.85. The van der Waals surface area contributed by atoms with Gasteiger partial charge in [-0.25, -0.2) is 4.98 Å². The van der Waals surface area contributed by atoms with Gasteiger partial charge in [-0.2, -0.15) is 0 Å². The Morgan fingerprint density at radius 1 is 1.82 bits per heavy atom. The first-order valence-corrected chi connectivity index (χ1v) is 4.15. The first kappa shape index (κ1) is 8.25. The van der Waals surface area contributed by atoms with E-state index >= 15 is 0 Å². The lowest BCUT2D eigenvalue weighted by Crippen LogP contribution is -2.12. The van der Waals surface area contributed by atoms with Crippen LogP contribution in [0.15, 0.2) is 6.20 Å². The van der Waals surface area contributed by atoms with Crippen molar-refractivity contribution in [1.82, 2.24) is 10.3 Å². The van der Waals surface area contributed by atoms with E-state index in [0.717, 1.165) is 9.88 Å². The number of hydrogen-bond acceptors (Lipinski definition) is 3. The number of aryl methyl sites for hydroxylation is 1. The van der Waals surface area contributed by atoms with Gasteiger partial charge in [0.25, 0.3) is 0 Å². The molecule has 58 valence electrons. The summed E-state index contributed by atoms with van der Waals surface area (Å²) in [6, 6.07) is 0.0150. The molecule has 11 heavy (non-hydrogen) atoms. The second-order valence-electron chi connectivity index (χ2n) is 2.17. The third-order valence-corrected chi connectivity index (χ3v) is 2.36. The topological polar surface area (TPSA) is 24.9 Å². The average Bonchev–Trinajstić information content (AvgIpc) is 2.39. The fourth-order valence-corrected chi connectivity index (χ4v) is 1.67. The van der Waals surface area contributed by atoms with Gasteiger partial charge in [0.15, 0.2) is 0 Å². The minimum Gasteiger partial charge on any atom is -0.302 e. The molecule has 3 heteroatoms. The van der Waals surface area contributed by atoms with Crippen molar-refractivity contribution in [2.24, 2.45) is 0 Å². The molecule has 1 N–H and O–H groups in total. The Kier molecular flexibility index (Phi) is 2.64. The number of terminal acetylenes is 1. The molecular weight excluding hydrogens is 156 g/mol. The van der Waals surface area contributed by atoms with Gasteiger partial charge in [-0.05, 0) is 14.0 Å². The Bertz CT molecular complexity index is 272. The molecule has 0 aliphatic heterocycles. The van der Waals surface area contributed by atoms with Crippen LogP contribution in [0.3, 0.4) is 0 Å². The van der Waals surface area contributed by atoms with Crippen LogP contribution < -0.4 is 5.32 Å². The zero-order chi connectivity index (χ0) is 8.27. The molecule has 2 nitrogen and oxygen atoms in total. The fourth-order valence-electron chi connectivity index (χ4n) is 0.819. The summed E-state index contributed by atoms with van der Waals surface area (Å²) in [5.74, 6) is 2.64. The third-order valence-electron chi connectivity index (χ3n) is 1.38. The molecule has 0 saturated heterocycles. The summed E-state index contributed by atoms with van der Waals surface area (Å²) in [6.45, 7) is 1.97. The SMILES string of the molecule is C#CC(NC)c1cnc(C)s1. The van der Waals surface area contributed by atoms with Crippen LogP contribution in [-0.2, 0) is 0 Å². The number of nitrogens with zero attached hydrogens (tertiary/aromatic N) is 1. The van der Waals surface area contributed by atoms with E-state index in [1.165, 1.54) is 0 Å². The summed E-state index contributed by atoms with van der Waals surface area (Å²) in [4.78, 5) is 5.22. The largest absolute Gasteiger partial charge is 0.302 e. The lowest BCUT2D eigenvalue weighted by atomic mass is 10.3. The maximum Gasteiger partial charge on any atom is 0.105 e. The van der Waals surface area contributed by atoms with Gasteiger partial charge in [0, 0.05) is 6.20 Å². The molecule has 1 aromatic rings. The Morgan fingerprint density at radius 3 is 2.91 bits per heavy atom. The van der Waals surface area contributed by atoms with E-state index in [1.54, 1.807) is 11.3 Å². The normalized spacial score (nSPS) is 12.5. The van der Waals surface area contributed by atoms with Crippen LogP contribution in [0.2, 0.25) is 0 Å². The van der Waals surface area contributed by atoms with Crippen molar-refractivity contribution in [3.63, 3.8) is 0 Å². The Balaban J connectivity index is 2.84. The van der Waals surface area contributed by atoms with Crippen LogP contribution in [0.5, 0.6) is 0 Å². The maximum absolute atomic E-state index is 5.29. The van der Waals surface area contributed by atoms with Crippen molar-refractivity contribution < 1.29 is 0 Å². The standard InChI is InChI=1S/C8H10N2S/c1-4-7(9-3)8-5-10-6(2)11-8/h1,5,7,9H,2-3H3. The van der Waals surface area contributed by atoms with Crippen LogP contribution in [0.25, 0.3) is 0 Å². The minimum absolute atomic E-state index is 0.0150. The van der Waals surface area contributed by atoms with Gasteiger partial charge >= 0.3 is 0 Å². The van der Waals surface area contributed by atoms with E-state index in [-0.39, 0.29) is 6.04 Å². The average molecular weight is 166 g/mol. The van der Waals surface area contributed by atoms with E-state index in [0.29, 0.717) is 0 Å². The van der Waals surface area contributed by atoms with Gasteiger partial charge in [-0.15, -0.1) is 17.8 Å². The molecule has 0 aliphatic rings. The van der Waals surface area contributed by atoms with Crippen molar-refractivity contribution in [2.45, 2.75) is 13.0 Å². The zero-order valence-corrected chi connectivity index (χ0v) is 7.40. The first-order chi connectivity index (χ1) is 5.27. The Hall–Kier alpha value is -0.850. The number of thiazole rings is 1. The minimum atomic E-state index is 0.0150. The molecule has 1 unspecified atom stereocenters. The van der Waals surface area contributed by atoms with Gasteiger partial charge < -0.3 is 5.32 Å². The summed E-state index contributed by atoms with van der Waals surface area (Å²) in [5, 5.41) is 4.07. The highest BCUT2D eigenvalue weighted by molar-refractivity contribution is 7.11. The number of nitrogens with one attached hydrogen (secondary N) is 1. The van der Waals surface area contributed by atoms with Crippen LogP contribution in [0, 0.1) is 19.3 Å². The summed E-state index contributed by atoms with van der Waals surface area (Å²) in [6.07, 6.45) is 7.11. The lowest BCUT2D eigenvalue weighted by molar-refractivity contribution is 0.748. The summed E-state index contributed by atoms with van der Waals surface area (Å²) >= 11 is 1.63. The zero-order valence-electron chi connectivity index (χ0n) is 6.59. The van der Waals surface area contributed by atoms with Crippen molar-refractivity contribution in [2.75, 3.05) is 7.05 Å². The van der Waals surface area contributed by atoms with Gasteiger partial charge in [0.1, 0.15) is 6.04 Å². The highest BCUT2D eigenvalue weighted by Gasteiger charge is 2.07. The highest BCUT2D eigenvalue weighted by Crippen LogP contribution is 2.18. The van der Waals surface area contributed by atoms with Crippen LogP contribution in [-0.4, -0.2) is 12.0 Å². The van der Waals surface area contributed by atoms with Crippen molar-refractivity contribution >= 4 is 11.3 Å². The van der Waals surface area contributed by atoms with Crippen LogP contribution in [0.4, 0.5) is 0 Å². The van der Waals surface area contributed by atoms with Gasteiger partial charge in [-0.3, -0.25) is 0 Å². The predicted octanol–water partition coefficient (Wildman–Crippen LogP) is 1.35. The molecule has 0 aliphatic carbocycles. The number of rotatable bonds is 2. The third kappa shape index (κ3) is 1.79. The maximum atomic E-state index is 5.29. The van der Waals surface area contributed by atoms with E-state index in [1.807, 2.05) is 20.2 Å². The molecule has 1 atom stereocenters. The Labute approximate surface area is 70.7 Å². The van der Waals surface area contributed by atoms with E-state index < -0.39 is 0 Å². The lowest BCUT2D eigenvalue weighted by Gasteiger charge is -2.03. The fraction of sp³-hybridized carbons (Fsp3) is 0.375. The molecule has 1 rings (SSSR count). The molecule has 0 spiro atoms. The van der Waals surface area contributed by atoms with Crippen LogP contribution in [0.1, 0.15) is 15.9 Å². The quantitative estimate of drug-likeness (QED) is 0.671. The molecule has 0 bridgehead atoms. The molecule has 1 heterocycles. The van der Waals surface area contributed by atoms with E-state index in [4.69, 9.17) is 6.42 Å². The van der Waals surface area contributed by atoms with Crippen molar-refractivity contribution in [3.8, 4) is 12.3 Å². The number of aromatic nitrogens is 1. The van der Waals surface area contributed by atoms with Crippen molar-refractivity contribution in [3.05, 3.63) is 16.1 Å². The summed E-state index contributed by atoms with van der Waals surface area (Å²) < 4.78 is 0. The monoisotopic (exact) mass is 166 g/mol. The molecule has 0 amide bonds. The van der Waals surface area contributed by atoms with E-state index in [2.05, 4.69) is 16.2 Å². The molecule has 1 aromatic heterocycles. The smallest absolute Gasteiger partial charge is 0.105 e.